The number of methoxy groups -OCH3 is 1. The van der Waals surface area contributed by atoms with Crippen LogP contribution in [0.5, 0.6) is 5.75 Å². The molecule has 0 saturated carbocycles. The van der Waals surface area contributed by atoms with Crippen LogP contribution in [0.3, 0.4) is 0 Å². The largest absolute Gasteiger partial charge is 0.495 e. The minimum absolute atomic E-state index is 0.0602. The predicted octanol–water partition coefficient (Wildman–Crippen LogP) is 4.16. The highest BCUT2D eigenvalue weighted by atomic mass is 19.3. The number of imide groups is 1. The van der Waals surface area contributed by atoms with Gasteiger partial charge in [-0.3, -0.25) is 34.8 Å². The van der Waals surface area contributed by atoms with Crippen LogP contribution in [0.2, 0.25) is 0 Å². The fourth-order valence-electron chi connectivity index (χ4n) is 7.85. The van der Waals surface area contributed by atoms with E-state index in [0.717, 1.165) is 30.6 Å². The Labute approximate surface area is 328 Å². The zero-order valence-corrected chi connectivity index (χ0v) is 32.3. The topological polar surface area (TPSA) is 173 Å². The molecule has 4 aliphatic heterocycles. The molecule has 4 aliphatic rings. The molecule has 18 heteroatoms. The van der Waals surface area contributed by atoms with Crippen molar-refractivity contribution in [3.63, 3.8) is 0 Å². The normalized spacial score (nSPS) is 19.6. The number of halogens is 2. The van der Waals surface area contributed by atoms with Gasteiger partial charge in [0.25, 0.3) is 17.7 Å². The minimum Gasteiger partial charge on any atom is -0.495 e. The number of hydrazine groups is 1. The summed E-state index contributed by atoms with van der Waals surface area (Å²) in [6, 6.07) is 10.9. The van der Waals surface area contributed by atoms with E-state index in [2.05, 4.69) is 26.0 Å². The van der Waals surface area contributed by atoms with Crippen molar-refractivity contribution >= 4 is 58.5 Å². The molecule has 3 aromatic rings. The number of carbonyl (C=O) groups is 5. The maximum atomic E-state index is 14.7. The van der Waals surface area contributed by atoms with Crippen LogP contribution in [0.4, 0.5) is 42.4 Å². The van der Waals surface area contributed by atoms with E-state index in [4.69, 9.17) is 4.74 Å². The van der Waals surface area contributed by atoms with Gasteiger partial charge in [0.15, 0.2) is 5.82 Å². The highest BCUT2D eigenvalue weighted by molar-refractivity contribution is 6.06. The van der Waals surface area contributed by atoms with Crippen molar-refractivity contribution in [2.45, 2.75) is 57.9 Å². The smallest absolute Gasteiger partial charge is 0.342 e. The number of piperidine rings is 2. The zero-order chi connectivity index (χ0) is 40.6. The van der Waals surface area contributed by atoms with Crippen molar-refractivity contribution in [1.82, 2.24) is 30.6 Å². The van der Waals surface area contributed by atoms with E-state index in [1.165, 1.54) is 30.2 Å². The molecule has 0 radical (unpaired) electrons. The van der Waals surface area contributed by atoms with Crippen LogP contribution in [-0.4, -0.2) is 115 Å². The lowest BCUT2D eigenvalue weighted by Gasteiger charge is -2.46. The van der Waals surface area contributed by atoms with Gasteiger partial charge in [-0.15, -0.1) is 0 Å². The second-order valence-electron chi connectivity index (χ2n) is 15.3. The van der Waals surface area contributed by atoms with Gasteiger partial charge in [0.1, 0.15) is 11.4 Å². The van der Waals surface area contributed by atoms with Crippen molar-refractivity contribution < 1.29 is 37.5 Å². The zero-order valence-electron chi connectivity index (χ0n) is 32.3. The van der Waals surface area contributed by atoms with E-state index >= 15 is 0 Å². The van der Waals surface area contributed by atoms with Gasteiger partial charge in [0.05, 0.1) is 25.5 Å². The first-order valence-electron chi connectivity index (χ1n) is 19.0. The Bertz CT molecular complexity index is 2080. The van der Waals surface area contributed by atoms with Crippen molar-refractivity contribution in [2.75, 3.05) is 73.4 Å². The quantitative estimate of drug-likeness (QED) is 0.299. The molecule has 302 valence electrons. The standard InChI is InChI=1S/C39H46F2N10O6/c1-24(2)51-23-39(40,41)35(55)47(3)29-22-42-36(45-32(29)51)43-28-9-8-25(21-30(28)57-4)33(53)46-49-18-13-38(14-19-49)11-16-48(17-12-38)34(54)26-6-5-7-27(20-26)50-15-10-31(52)44-37(50)56/h5-9,20-22,24H,10-19,23H2,1-4H3,(H,46,53)(H,42,43,45)(H,44,52,56). The first-order valence-corrected chi connectivity index (χ1v) is 19.0. The average Bonchev–Trinajstić information content (AvgIpc) is 3.27. The summed E-state index contributed by atoms with van der Waals surface area (Å²) in [5.41, 5.74) is 5.10. The molecule has 3 N–H and O–H groups in total. The van der Waals surface area contributed by atoms with Crippen LogP contribution < -0.4 is 35.5 Å². The lowest BCUT2D eigenvalue weighted by Crippen LogP contribution is -2.52. The minimum atomic E-state index is -3.61. The molecule has 16 nitrogen and oxygen atoms in total. The maximum Gasteiger partial charge on any atom is 0.342 e. The third-order valence-electron chi connectivity index (χ3n) is 11.4. The van der Waals surface area contributed by atoms with Gasteiger partial charge < -0.3 is 24.8 Å². The Morgan fingerprint density at radius 3 is 2.35 bits per heavy atom. The van der Waals surface area contributed by atoms with Crippen molar-refractivity contribution in [3.8, 4) is 5.75 Å². The van der Waals surface area contributed by atoms with E-state index in [0.29, 0.717) is 54.4 Å². The molecule has 1 aromatic heterocycles. The first kappa shape index (κ1) is 39.3. The predicted molar refractivity (Wildman–Crippen MR) is 207 cm³/mol. The van der Waals surface area contributed by atoms with E-state index in [-0.39, 0.29) is 59.6 Å². The number of amides is 6. The van der Waals surface area contributed by atoms with Gasteiger partial charge in [0.2, 0.25) is 11.9 Å². The number of aromatic nitrogens is 2. The number of benzene rings is 2. The van der Waals surface area contributed by atoms with E-state index in [9.17, 15) is 32.8 Å². The number of urea groups is 1. The fourth-order valence-corrected chi connectivity index (χ4v) is 7.85. The number of likely N-dealkylation sites (tertiary alicyclic amines) is 1. The van der Waals surface area contributed by atoms with E-state index in [1.54, 1.807) is 56.3 Å². The Morgan fingerprint density at radius 1 is 0.947 bits per heavy atom. The van der Waals surface area contributed by atoms with Crippen LogP contribution in [0, 0.1) is 5.41 Å². The summed E-state index contributed by atoms with van der Waals surface area (Å²) in [5, 5.41) is 7.29. The summed E-state index contributed by atoms with van der Waals surface area (Å²) in [6.45, 7) is 5.41. The number of anilines is 5. The molecule has 0 atom stereocenters. The van der Waals surface area contributed by atoms with Crippen LogP contribution in [0.15, 0.2) is 48.7 Å². The number of hydrogen-bond acceptors (Lipinski definition) is 11. The fraction of sp³-hybridized carbons (Fsp3) is 0.462. The van der Waals surface area contributed by atoms with Crippen LogP contribution >= 0.6 is 0 Å². The second-order valence-corrected chi connectivity index (χ2v) is 15.3. The van der Waals surface area contributed by atoms with Crippen molar-refractivity contribution in [2.24, 2.45) is 5.41 Å². The Balaban J connectivity index is 0.934. The van der Waals surface area contributed by atoms with E-state index < -0.39 is 24.4 Å². The highest BCUT2D eigenvalue weighted by Gasteiger charge is 2.48. The molecule has 2 aromatic carbocycles. The third kappa shape index (κ3) is 8.03. The molecular weight excluding hydrogens is 742 g/mol. The Hall–Kier alpha value is -5.91. The molecule has 57 heavy (non-hydrogen) atoms. The van der Waals surface area contributed by atoms with Crippen molar-refractivity contribution in [3.05, 3.63) is 59.8 Å². The summed E-state index contributed by atoms with van der Waals surface area (Å²) in [6.07, 6.45) is 4.92. The van der Waals surface area contributed by atoms with Gasteiger partial charge in [0, 0.05) is 69.0 Å². The number of alkyl halides is 2. The Kier molecular flexibility index (Phi) is 10.7. The van der Waals surface area contributed by atoms with Gasteiger partial charge in [-0.2, -0.15) is 13.8 Å². The van der Waals surface area contributed by atoms with Crippen LogP contribution in [0.25, 0.3) is 0 Å². The first-order chi connectivity index (χ1) is 27.2. The molecule has 0 bridgehead atoms. The SMILES string of the molecule is COc1cc(C(=O)NN2CCC3(CC2)CCN(C(=O)c2cccc(N4CCC(=O)NC4=O)c2)CC3)ccc1Nc1ncc2c(n1)N(C(C)C)CC(F)(F)C(=O)N2C. The molecular formula is C39H46F2N10O6. The number of hydrogen-bond donors (Lipinski definition) is 3. The van der Waals surface area contributed by atoms with Crippen LogP contribution in [0.1, 0.15) is 66.7 Å². The molecule has 3 saturated heterocycles. The van der Waals surface area contributed by atoms with E-state index in [1.807, 2.05) is 9.91 Å². The number of nitrogens with zero attached hydrogens (tertiary/aromatic N) is 7. The maximum absolute atomic E-state index is 14.7. The van der Waals surface area contributed by atoms with Crippen molar-refractivity contribution in [1.29, 1.82) is 0 Å². The molecule has 3 fully saturated rings. The summed E-state index contributed by atoms with van der Waals surface area (Å²) in [7, 11) is 2.73. The van der Waals surface area contributed by atoms with Gasteiger partial charge in [-0.25, -0.2) is 14.8 Å². The lowest BCUT2D eigenvalue weighted by molar-refractivity contribution is -0.140. The highest BCUT2D eigenvalue weighted by Crippen LogP contribution is 2.42. The summed E-state index contributed by atoms with van der Waals surface area (Å²) in [4.78, 5) is 77.6. The summed E-state index contributed by atoms with van der Waals surface area (Å²) < 4.78 is 35.1. The molecule has 5 heterocycles. The number of carbonyl (C=O) groups excluding carboxylic acids is 5. The van der Waals surface area contributed by atoms with Gasteiger partial charge >= 0.3 is 12.0 Å². The molecule has 6 amide bonds. The summed E-state index contributed by atoms with van der Waals surface area (Å²) >= 11 is 0. The molecule has 7 rings (SSSR count). The van der Waals surface area contributed by atoms with Crippen LogP contribution in [-0.2, 0) is 9.59 Å². The number of nitrogens with one attached hydrogen (secondary N) is 3. The third-order valence-corrected chi connectivity index (χ3v) is 11.4. The van der Waals surface area contributed by atoms with Gasteiger partial charge in [-0.05, 0) is 81.3 Å². The lowest BCUT2D eigenvalue weighted by atomic mass is 9.71. The average molecular weight is 789 g/mol. The number of fused-ring (bicyclic) bond motifs is 1. The number of rotatable bonds is 8. The monoisotopic (exact) mass is 788 g/mol. The van der Waals surface area contributed by atoms with Gasteiger partial charge in [-0.1, -0.05) is 6.07 Å². The second kappa shape index (κ2) is 15.6. The summed E-state index contributed by atoms with van der Waals surface area (Å²) in [5.74, 6) is -5.06. The molecule has 1 spiro atoms. The number of ether oxygens (including phenoxy) is 1. The Morgan fingerprint density at radius 2 is 1.67 bits per heavy atom. The molecule has 0 aliphatic carbocycles. The molecule has 0 unspecified atom stereocenters.